The van der Waals surface area contributed by atoms with Crippen LogP contribution in [0.15, 0.2) is 60.7 Å². The molecule has 3 unspecified atom stereocenters. The first-order valence-corrected chi connectivity index (χ1v) is 11.2. The van der Waals surface area contributed by atoms with Gasteiger partial charge in [-0.25, -0.2) is 4.79 Å². The summed E-state index contributed by atoms with van der Waals surface area (Å²) in [5, 5.41) is 14.7. The monoisotopic (exact) mass is 424 g/mol. The van der Waals surface area contributed by atoms with E-state index in [9.17, 15) is 9.90 Å². The smallest absolute Gasteiger partial charge is 0.507 e. The third kappa shape index (κ3) is 2.79. The highest BCUT2D eigenvalue weighted by Gasteiger charge is 2.47. The largest absolute Gasteiger partial charge is 0.519 e. The molecule has 0 aromatic heterocycles. The molecule has 0 heterocycles. The average molecular weight is 424 g/mol. The number of carbonyl (C=O) groups is 1. The molecule has 4 aromatic carbocycles. The van der Waals surface area contributed by atoms with Crippen molar-refractivity contribution in [3.05, 3.63) is 77.4 Å². The highest BCUT2D eigenvalue weighted by atomic mass is 16.7. The molecule has 2 bridgehead atoms. The van der Waals surface area contributed by atoms with Gasteiger partial charge in [-0.15, -0.1) is 0 Å². The Morgan fingerprint density at radius 1 is 0.875 bits per heavy atom. The molecule has 4 aromatic rings. The summed E-state index contributed by atoms with van der Waals surface area (Å²) in [6, 6.07) is 19.3. The molecule has 3 atom stereocenters. The number of benzene rings is 4. The van der Waals surface area contributed by atoms with Crippen molar-refractivity contribution in [2.75, 3.05) is 0 Å². The Balaban J connectivity index is 1.42. The van der Waals surface area contributed by atoms with E-state index in [0.717, 1.165) is 51.1 Å². The van der Waals surface area contributed by atoms with E-state index in [1.165, 1.54) is 0 Å². The molecule has 0 saturated heterocycles. The molecule has 6 rings (SSSR count). The number of ether oxygens (including phenoxy) is 2. The van der Waals surface area contributed by atoms with Crippen molar-refractivity contribution in [2.24, 2.45) is 5.92 Å². The van der Waals surface area contributed by atoms with Crippen molar-refractivity contribution in [2.45, 2.75) is 38.5 Å². The number of carbonyl (C=O) groups excluding carboxylic acids is 1. The number of phenols is 1. The van der Waals surface area contributed by atoms with Gasteiger partial charge < -0.3 is 14.6 Å². The first kappa shape index (κ1) is 19.2. The van der Waals surface area contributed by atoms with Crippen LogP contribution in [0.1, 0.15) is 48.3 Å². The molecule has 32 heavy (non-hydrogen) atoms. The van der Waals surface area contributed by atoms with Crippen LogP contribution in [0.3, 0.4) is 0 Å². The third-order valence-electron chi connectivity index (χ3n) is 7.37. The molecule has 0 amide bonds. The summed E-state index contributed by atoms with van der Waals surface area (Å²) in [5.41, 5.74) is 2.99. The second-order valence-corrected chi connectivity index (χ2v) is 9.17. The fourth-order valence-corrected chi connectivity index (χ4v) is 5.86. The molecule has 0 spiro atoms. The van der Waals surface area contributed by atoms with Gasteiger partial charge in [0.25, 0.3) is 0 Å². The van der Waals surface area contributed by atoms with Crippen molar-refractivity contribution in [1.29, 1.82) is 0 Å². The lowest BCUT2D eigenvalue weighted by Gasteiger charge is -2.22. The minimum absolute atomic E-state index is 0.286. The van der Waals surface area contributed by atoms with Crippen LogP contribution in [-0.4, -0.2) is 11.3 Å². The Kier molecular flexibility index (Phi) is 4.19. The number of hydrogen-bond donors (Lipinski definition) is 1. The second-order valence-electron chi connectivity index (χ2n) is 9.17. The number of phenolic OH excluding ortho intramolecular Hbond substituents is 1. The van der Waals surface area contributed by atoms with Crippen LogP contribution in [-0.2, 0) is 0 Å². The lowest BCUT2D eigenvalue weighted by atomic mass is 9.87. The summed E-state index contributed by atoms with van der Waals surface area (Å²) in [4.78, 5) is 12.9. The summed E-state index contributed by atoms with van der Waals surface area (Å²) in [7, 11) is 0. The van der Waals surface area contributed by atoms with E-state index in [-0.39, 0.29) is 5.92 Å². The van der Waals surface area contributed by atoms with Gasteiger partial charge in [-0.1, -0.05) is 55.0 Å². The van der Waals surface area contributed by atoms with Gasteiger partial charge >= 0.3 is 6.16 Å². The maximum absolute atomic E-state index is 12.9. The molecule has 0 aliphatic heterocycles. The third-order valence-corrected chi connectivity index (χ3v) is 7.37. The first-order valence-electron chi connectivity index (χ1n) is 11.2. The highest BCUT2D eigenvalue weighted by molar-refractivity contribution is 5.98. The van der Waals surface area contributed by atoms with E-state index in [4.69, 9.17) is 9.47 Å². The zero-order chi connectivity index (χ0) is 22.0. The topological polar surface area (TPSA) is 55.8 Å². The standard InChI is InChI=1S/C28H24O4/c1-15-7-10-22-23(13-15)27(25-21-12-11-20(16(21)2)24(25)26(22)29)32-28(30)31-19-9-8-17-5-3-4-6-18(17)14-19/h3-10,13-14,16,20-21,29H,11-12H2,1-2H3. The molecular weight excluding hydrogens is 400 g/mol. The van der Waals surface area contributed by atoms with Crippen molar-refractivity contribution in [3.8, 4) is 17.2 Å². The fraction of sp³-hybridized carbons (Fsp3) is 0.250. The molecule has 0 radical (unpaired) electrons. The van der Waals surface area contributed by atoms with Gasteiger partial charge in [0.05, 0.1) is 0 Å². The van der Waals surface area contributed by atoms with Gasteiger partial charge in [-0.2, -0.15) is 0 Å². The van der Waals surface area contributed by atoms with Gasteiger partial charge in [-0.3, -0.25) is 0 Å². The average Bonchev–Trinajstić information content (AvgIpc) is 3.29. The molecule has 4 nitrogen and oxygen atoms in total. The number of rotatable bonds is 2. The number of fused-ring (bicyclic) bond motifs is 7. The molecule has 1 N–H and O–H groups in total. The van der Waals surface area contributed by atoms with Gasteiger partial charge in [0.1, 0.15) is 17.2 Å². The Labute approximate surface area is 186 Å². The zero-order valence-electron chi connectivity index (χ0n) is 18.1. The van der Waals surface area contributed by atoms with Crippen LogP contribution in [0.4, 0.5) is 4.79 Å². The maximum atomic E-state index is 12.9. The Morgan fingerprint density at radius 2 is 1.62 bits per heavy atom. The predicted molar refractivity (Wildman–Crippen MR) is 125 cm³/mol. The van der Waals surface area contributed by atoms with Crippen molar-refractivity contribution >= 4 is 27.7 Å². The quantitative estimate of drug-likeness (QED) is 0.273. The minimum atomic E-state index is -0.758. The van der Waals surface area contributed by atoms with E-state index in [0.29, 0.717) is 29.1 Å². The van der Waals surface area contributed by atoms with Gasteiger partial charge in [0.15, 0.2) is 0 Å². The van der Waals surface area contributed by atoms with Crippen LogP contribution >= 0.6 is 0 Å². The molecular formula is C28H24O4. The van der Waals surface area contributed by atoms with E-state index in [2.05, 4.69) is 6.92 Å². The van der Waals surface area contributed by atoms with E-state index in [1.54, 1.807) is 6.07 Å². The van der Waals surface area contributed by atoms with E-state index >= 15 is 0 Å². The first-order chi connectivity index (χ1) is 15.5. The summed E-state index contributed by atoms with van der Waals surface area (Å²) < 4.78 is 11.5. The summed E-state index contributed by atoms with van der Waals surface area (Å²) in [5.74, 6) is 2.34. The van der Waals surface area contributed by atoms with Gasteiger partial charge in [-0.05, 0) is 66.5 Å². The summed E-state index contributed by atoms with van der Waals surface area (Å²) >= 11 is 0. The van der Waals surface area contributed by atoms with Gasteiger partial charge in [0.2, 0.25) is 0 Å². The minimum Gasteiger partial charge on any atom is -0.507 e. The van der Waals surface area contributed by atoms with Gasteiger partial charge in [0, 0.05) is 21.9 Å². The van der Waals surface area contributed by atoms with Crippen molar-refractivity contribution < 1.29 is 19.4 Å². The highest BCUT2D eigenvalue weighted by Crippen LogP contribution is 2.63. The number of aryl methyl sites for hydroxylation is 1. The zero-order valence-corrected chi connectivity index (χ0v) is 18.1. The van der Waals surface area contributed by atoms with E-state index < -0.39 is 6.16 Å². The Morgan fingerprint density at radius 3 is 2.44 bits per heavy atom. The van der Waals surface area contributed by atoms with Crippen molar-refractivity contribution in [1.82, 2.24) is 0 Å². The summed E-state index contributed by atoms with van der Waals surface area (Å²) in [6.07, 6.45) is 1.35. The lowest BCUT2D eigenvalue weighted by Crippen LogP contribution is -2.16. The molecule has 1 saturated carbocycles. The number of hydrogen-bond acceptors (Lipinski definition) is 4. The maximum Gasteiger partial charge on any atom is 0.519 e. The number of aromatic hydroxyl groups is 1. The van der Waals surface area contributed by atoms with Crippen LogP contribution in [0.5, 0.6) is 17.2 Å². The van der Waals surface area contributed by atoms with Crippen LogP contribution in [0.25, 0.3) is 21.5 Å². The van der Waals surface area contributed by atoms with Crippen LogP contribution in [0.2, 0.25) is 0 Å². The molecule has 1 fully saturated rings. The lowest BCUT2D eigenvalue weighted by molar-refractivity contribution is 0.152. The molecule has 4 heteroatoms. The predicted octanol–water partition coefficient (Wildman–Crippen LogP) is 7.20. The second kappa shape index (κ2) is 6.99. The summed E-state index contributed by atoms with van der Waals surface area (Å²) in [6.45, 7) is 4.23. The molecule has 160 valence electrons. The fourth-order valence-electron chi connectivity index (χ4n) is 5.86. The van der Waals surface area contributed by atoms with Crippen LogP contribution in [0, 0.1) is 12.8 Å². The SMILES string of the molecule is Cc1ccc2c(O)c3c(c(OC(=O)Oc4ccc5ccccc5c4)c2c1)C1CCC3C1C. The van der Waals surface area contributed by atoms with Crippen LogP contribution < -0.4 is 9.47 Å². The molecule has 2 aliphatic rings. The molecule has 2 aliphatic carbocycles. The van der Waals surface area contributed by atoms with E-state index in [1.807, 2.05) is 61.5 Å². The normalized spacial score (nSPS) is 21.1. The Bertz CT molecular complexity index is 1400. The Hall–Kier alpha value is -3.53. The van der Waals surface area contributed by atoms with Crippen molar-refractivity contribution in [3.63, 3.8) is 0 Å².